The van der Waals surface area contributed by atoms with Crippen molar-refractivity contribution >= 4 is 30.1 Å². The molecule has 0 aromatic carbocycles. The van der Waals surface area contributed by atoms with Crippen molar-refractivity contribution in [3.05, 3.63) is 12.7 Å². The van der Waals surface area contributed by atoms with Crippen LogP contribution in [0.3, 0.4) is 0 Å². The Morgan fingerprint density at radius 3 is 1.98 bits per heavy atom. The highest BCUT2D eigenvalue weighted by Crippen LogP contribution is 2.20. The summed E-state index contributed by atoms with van der Waals surface area (Å²) < 4.78 is 4.33. The monoisotopic (exact) mass is 583 g/mol. The molecular formula is C28H53N7O6. The number of allylic oxidation sites excluding steroid dienone is 1. The van der Waals surface area contributed by atoms with Crippen LogP contribution in [0.5, 0.6) is 0 Å². The number of oxime groups is 2. The maximum absolute atomic E-state index is 11.1. The highest BCUT2D eigenvalue weighted by atomic mass is 16.5. The molecule has 236 valence electrons. The smallest absolute Gasteiger partial charge is 0.352 e. The molecule has 0 aromatic rings. The van der Waals surface area contributed by atoms with Gasteiger partial charge in [0.25, 0.3) is 5.91 Å². The molecule has 0 saturated carbocycles. The van der Waals surface area contributed by atoms with Crippen molar-refractivity contribution in [2.45, 2.75) is 58.3 Å². The molecule has 13 heteroatoms. The van der Waals surface area contributed by atoms with Gasteiger partial charge in [-0.15, -0.1) is 0 Å². The normalized spacial score (nSPS) is 16.9. The third kappa shape index (κ3) is 21.5. The number of carbonyl (C=O) groups is 3. The molecule has 13 nitrogen and oxygen atoms in total. The number of ketones is 1. The molecule has 0 spiro atoms. The fraction of sp³-hybridized carbons (Fsp3) is 0.750. The van der Waals surface area contributed by atoms with Gasteiger partial charge >= 0.3 is 5.97 Å². The number of carbonyl (C=O) groups excluding carboxylic acids is 3. The Morgan fingerprint density at radius 1 is 0.927 bits per heavy atom. The maximum Gasteiger partial charge on any atom is 0.352 e. The van der Waals surface area contributed by atoms with Gasteiger partial charge in [0.2, 0.25) is 0 Å². The van der Waals surface area contributed by atoms with Crippen LogP contribution in [0.2, 0.25) is 0 Å². The van der Waals surface area contributed by atoms with E-state index < -0.39 is 5.97 Å². The molecule has 2 fully saturated rings. The van der Waals surface area contributed by atoms with Crippen LogP contribution in [-0.2, 0) is 19.1 Å². The summed E-state index contributed by atoms with van der Waals surface area (Å²) in [5.41, 5.74) is 11.0. The minimum atomic E-state index is -0.630. The van der Waals surface area contributed by atoms with Gasteiger partial charge in [0.1, 0.15) is 6.21 Å². The maximum atomic E-state index is 11.1. The topological polar surface area (TPSA) is 196 Å². The second kappa shape index (κ2) is 26.1. The van der Waals surface area contributed by atoms with Gasteiger partial charge in [-0.25, -0.2) is 4.79 Å². The number of amides is 1. The van der Waals surface area contributed by atoms with Gasteiger partial charge in [-0.05, 0) is 109 Å². The summed E-state index contributed by atoms with van der Waals surface area (Å²) in [5, 5.41) is 23.8. The molecule has 0 unspecified atom stereocenters. The minimum absolute atomic E-state index is 0.118. The van der Waals surface area contributed by atoms with Gasteiger partial charge in [0, 0.05) is 26.1 Å². The Bertz CT molecular complexity index is 751. The molecule has 2 aliphatic rings. The van der Waals surface area contributed by atoms with Crippen molar-refractivity contribution in [3.8, 4) is 0 Å². The molecule has 1 amide bonds. The first kappa shape index (κ1) is 38.1. The quantitative estimate of drug-likeness (QED) is 0.0614. The summed E-state index contributed by atoms with van der Waals surface area (Å²) in [6.07, 6.45) is 11.5. The van der Waals surface area contributed by atoms with E-state index >= 15 is 0 Å². The molecular weight excluding hydrogens is 530 g/mol. The molecule has 0 aliphatic carbocycles. The number of piperidine rings is 2. The molecule has 2 aliphatic heterocycles. The van der Waals surface area contributed by atoms with Crippen molar-refractivity contribution in [2.24, 2.45) is 33.6 Å². The van der Waals surface area contributed by atoms with Crippen LogP contribution >= 0.6 is 0 Å². The lowest BCUT2D eigenvalue weighted by atomic mass is 9.93. The minimum Gasteiger partial charge on any atom is -0.462 e. The molecule has 41 heavy (non-hydrogen) atoms. The van der Waals surface area contributed by atoms with Crippen molar-refractivity contribution in [1.29, 1.82) is 0 Å². The lowest BCUT2D eigenvalue weighted by Gasteiger charge is -2.31. The third-order valence-electron chi connectivity index (χ3n) is 7.04. The average Bonchev–Trinajstić information content (AvgIpc) is 2.96. The van der Waals surface area contributed by atoms with E-state index in [0.29, 0.717) is 31.7 Å². The van der Waals surface area contributed by atoms with Crippen LogP contribution in [0.15, 0.2) is 23.0 Å². The summed E-state index contributed by atoms with van der Waals surface area (Å²) in [4.78, 5) is 37.2. The summed E-state index contributed by atoms with van der Waals surface area (Å²) in [5.74, 6) is 0.635. The standard InChI is InChI=1S/C15H25N3O3.C9H21N3.C4H7NO3/c1-2-14(19)4-3-9-18-10-6-13(7-11-18)5-8-16-15(20)12-17-21;10-4-1-9-2-6-12(7-3-9)8-5-11;1-2-8-4(6)3-5-7/h2,12-13,21H,1,3-11H2,(H,16,20);9H,1-8,10-11H2;3,7H,2H2,1H3/b17-12-;;5-3-. The lowest BCUT2D eigenvalue weighted by Crippen LogP contribution is -2.37. The van der Waals surface area contributed by atoms with Crippen molar-refractivity contribution in [2.75, 3.05) is 65.5 Å². The molecule has 0 bridgehead atoms. The van der Waals surface area contributed by atoms with E-state index in [4.69, 9.17) is 21.9 Å². The van der Waals surface area contributed by atoms with Gasteiger partial charge in [0.05, 0.1) is 6.61 Å². The first-order chi connectivity index (χ1) is 19.8. The number of hydrogen-bond donors (Lipinski definition) is 5. The number of nitrogens with zero attached hydrogens (tertiary/aromatic N) is 4. The average molecular weight is 584 g/mol. The summed E-state index contributed by atoms with van der Waals surface area (Å²) >= 11 is 0. The number of hydrogen-bond acceptors (Lipinski definition) is 12. The van der Waals surface area contributed by atoms with E-state index in [2.05, 4.69) is 36.7 Å². The SMILES string of the molecule is C=CC(=O)CCCN1CCC(CCNC(=O)/C=N\O)CC1.CCOC(=O)/C=N\O.NCCC1CCN(CCN)CC1. The Labute approximate surface area is 245 Å². The Balaban J connectivity index is 0.000000670. The molecule has 7 N–H and O–H groups in total. The lowest BCUT2D eigenvalue weighted by molar-refractivity contribution is -0.134. The summed E-state index contributed by atoms with van der Waals surface area (Å²) in [6, 6.07) is 0. The first-order valence-corrected chi connectivity index (χ1v) is 14.6. The number of ether oxygens (including phenoxy) is 1. The number of rotatable bonds is 15. The second-order valence-electron chi connectivity index (χ2n) is 10.0. The molecule has 2 saturated heterocycles. The zero-order valence-electron chi connectivity index (χ0n) is 24.8. The zero-order valence-corrected chi connectivity index (χ0v) is 24.8. The van der Waals surface area contributed by atoms with E-state index in [1.165, 1.54) is 38.4 Å². The molecule has 0 aromatic heterocycles. The molecule has 0 atom stereocenters. The largest absolute Gasteiger partial charge is 0.462 e. The fourth-order valence-corrected chi connectivity index (χ4v) is 4.72. The van der Waals surface area contributed by atoms with Crippen molar-refractivity contribution in [1.82, 2.24) is 15.1 Å². The van der Waals surface area contributed by atoms with E-state index in [1.807, 2.05) is 0 Å². The third-order valence-corrected chi connectivity index (χ3v) is 7.04. The van der Waals surface area contributed by atoms with Crippen LogP contribution in [-0.4, -0.2) is 116 Å². The van der Waals surface area contributed by atoms with Crippen LogP contribution in [0.25, 0.3) is 0 Å². The van der Waals surface area contributed by atoms with Gasteiger partial charge in [0.15, 0.2) is 12.0 Å². The van der Waals surface area contributed by atoms with E-state index in [9.17, 15) is 14.4 Å². The second-order valence-corrected chi connectivity index (χ2v) is 10.0. The molecule has 2 heterocycles. The predicted octanol–water partition coefficient (Wildman–Crippen LogP) is 1.22. The highest BCUT2D eigenvalue weighted by Gasteiger charge is 2.19. The zero-order chi connectivity index (χ0) is 30.7. The number of esters is 1. The van der Waals surface area contributed by atoms with Crippen molar-refractivity contribution in [3.63, 3.8) is 0 Å². The number of nitrogens with one attached hydrogen (secondary N) is 1. The first-order valence-electron chi connectivity index (χ1n) is 14.6. The van der Waals surface area contributed by atoms with Crippen molar-refractivity contribution < 1.29 is 29.5 Å². The predicted molar refractivity (Wildman–Crippen MR) is 160 cm³/mol. The highest BCUT2D eigenvalue weighted by molar-refractivity contribution is 6.26. The summed E-state index contributed by atoms with van der Waals surface area (Å²) in [6.45, 7) is 14.3. The molecule has 2 rings (SSSR count). The van der Waals surface area contributed by atoms with Crippen LogP contribution in [0, 0.1) is 11.8 Å². The Morgan fingerprint density at radius 2 is 1.49 bits per heavy atom. The van der Waals surface area contributed by atoms with Crippen LogP contribution < -0.4 is 16.8 Å². The van der Waals surface area contributed by atoms with Crippen LogP contribution in [0.1, 0.15) is 58.3 Å². The number of likely N-dealkylation sites (tertiary alicyclic amines) is 2. The van der Waals surface area contributed by atoms with E-state index in [0.717, 1.165) is 77.1 Å². The van der Waals surface area contributed by atoms with Crippen LogP contribution in [0.4, 0.5) is 0 Å². The van der Waals surface area contributed by atoms with E-state index in [-0.39, 0.29) is 11.7 Å². The van der Waals surface area contributed by atoms with Gasteiger partial charge in [-0.1, -0.05) is 16.9 Å². The van der Waals surface area contributed by atoms with Gasteiger partial charge < -0.3 is 41.7 Å². The number of nitrogens with two attached hydrogens (primary N) is 2. The Hall–Kier alpha value is -2.87. The molecule has 0 radical (unpaired) electrons. The fourth-order valence-electron chi connectivity index (χ4n) is 4.72. The van der Waals surface area contributed by atoms with Gasteiger partial charge in [-0.2, -0.15) is 0 Å². The van der Waals surface area contributed by atoms with Gasteiger partial charge in [-0.3, -0.25) is 9.59 Å². The van der Waals surface area contributed by atoms with E-state index in [1.54, 1.807) is 6.92 Å². The Kier molecular flexibility index (Phi) is 24.2. The summed E-state index contributed by atoms with van der Waals surface area (Å²) in [7, 11) is 0.